The molecule has 0 fully saturated rings. The van der Waals surface area contributed by atoms with Crippen molar-refractivity contribution in [1.82, 2.24) is 0 Å². The molecule has 0 spiro atoms. The van der Waals surface area contributed by atoms with Crippen LogP contribution in [0, 0.1) is 5.92 Å². The van der Waals surface area contributed by atoms with E-state index in [-0.39, 0.29) is 11.6 Å². The van der Waals surface area contributed by atoms with Crippen LogP contribution in [0.4, 0.5) is 0 Å². The SMILES string of the molecule is COc1ccc2c(c1)OC(C)(CC(C)C)CC2N. The second-order valence-electron chi connectivity index (χ2n) is 5.86. The van der Waals surface area contributed by atoms with Crippen LogP contribution in [-0.4, -0.2) is 12.7 Å². The smallest absolute Gasteiger partial charge is 0.128 e. The van der Waals surface area contributed by atoms with E-state index in [1.165, 1.54) is 0 Å². The van der Waals surface area contributed by atoms with Gasteiger partial charge in [-0.05, 0) is 25.3 Å². The number of nitrogens with two attached hydrogens (primary N) is 1. The monoisotopic (exact) mass is 249 g/mol. The van der Waals surface area contributed by atoms with E-state index in [2.05, 4.69) is 20.8 Å². The number of fused-ring (bicyclic) bond motifs is 1. The molecule has 0 aromatic heterocycles. The van der Waals surface area contributed by atoms with Gasteiger partial charge < -0.3 is 15.2 Å². The molecule has 1 aliphatic heterocycles. The largest absolute Gasteiger partial charge is 0.497 e. The van der Waals surface area contributed by atoms with Gasteiger partial charge in [-0.15, -0.1) is 0 Å². The third-order valence-corrected chi connectivity index (χ3v) is 3.47. The minimum atomic E-state index is -0.174. The zero-order valence-corrected chi connectivity index (χ0v) is 11.7. The number of methoxy groups -OCH3 is 1. The van der Waals surface area contributed by atoms with Crippen LogP contribution in [0.25, 0.3) is 0 Å². The molecule has 2 rings (SSSR count). The Bertz CT molecular complexity index is 431. The van der Waals surface area contributed by atoms with Gasteiger partial charge in [-0.2, -0.15) is 0 Å². The van der Waals surface area contributed by atoms with Crippen molar-refractivity contribution in [3.8, 4) is 11.5 Å². The van der Waals surface area contributed by atoms with Crippen LogP contribution in [0.15, 0.2) is 18.2 Å². The lowest BCUT2D eigenvalue weighted by Crippen LogP contribution is -2.41. The minimum Gasteiger partial charge on any atom is -0.497 e. The molecule has 2 N–H and O–H groups in total. The Hall–Kier alpha value is -1.22. The molecule has 0 saturated heterocycles. The van der Waals surface area contributed by atoms with Gasteiger partial charge in [-0.25, -0.2) is 0 Å². The minimum absolute atomic E-state index is 0.0448. The number of benzene rings is 1. The first-order valence-corrected chi connectivity index (χ1v) is 6.56. The Kier molecular flexibility index (Phi) is 3.53. The lowest BCUT2D eigenvalue weighted by Gasteiger charge is -2.40. The molecule has 3 nitrogen and oxygen atoms in total. The fourth-order valence-electron chi connectivity index (χ4n) is 2.91. The van der Waals surface area contributed by atoms with Gasteiger partial charge in [0, 0.05) is 24.1 Å². The van der Waals surface area contributed by atoms with Crippen molar-refractivity contribution in [1.29, 1.82) is 0 Å². The average Bonchev–Trinajstić information content (AvgIpc) is 2.26. The first-order valence-electron chi connectivity index (χ1n) is 6.56. The van der Waals surface area contributed by atoms with Crippen LogP contribution in [0.1, 0.15) is 45.2 Å². The highest BCUT2D eigenvalue weighted by Crippen LogP contribution is 2.42. The van der Waals surface area contributed by atoms with E-state index in [9.17, 15) is 0 Å². The molecule has 2 unspecified atom stereocenters. The van der Waals surface area contributed by atoms with E-state index in [1.807, 2.05) is 18.2 Å². The molecule has 1 aromatic rings. The van der Waals surface area contributed by atoms with Gasteiger partial charge in [0.2, 0.25) is 0 Å². The molecular weight excluding hydrogens is 226 g/mol. The van der Waals surface area contributed by atoms with Crippen molar-refractivity contribution < 1.29 is 9.47 Å². The lowest BCUT2D eigenvalue weighted by atomic mass is 9.83. The second kappa shape index (κ2) is 4.81. The predicted molar refractivity (Wildman–Crippen MR) is 73.0 cm³/mol. The summed E-state index contributed by atoms with van der Waals surface area (Å²) in [6, 6.07) is 5.93. The van der Waals surface area contributed by atoms with Gasteiger partial charge >= 0.3 is 0 Å². The Balaban J connectivity index is 2.31. The van der Waals surface area contributed by atoms with E-state index >= 15 is 0 Å². The van der Waals surface area contributed by atoms with Crippen molar-refractivity contribution in [3.05, 3.63) is 23.8 Å². The molecule has 0 radical (unpaired) electrons. The summed E-state index contributed by atoms with van der Waals surface area (Å²) in [6.45, 7) is 6.57. The summed E-state index contributed by atoms with van der Waals surface area (Å²) in [5.41, 5.74) is 7.18. The summed E-state index contributed by atoms with van der Waals surface area (Å²) in [6.07, 6.45) is 1.88. The van der Waals surface area contributed by atoms with E-state index in [0.29, 0.717) is 5.92 Å². The van der Waals surface area contributed by atoms with Gasteiger partial charge in [0.05, 0.1) is 7.11 Å². The molecule has 1 aromatic carbocycles. The highest BCUT2D eigenvalue weighted by molar-refractivity contribution is 5.44. The van der Waals surface area contributed by atoms with Crippen molar-refractivity contribution in [2.45, 2.75) is 45.3 Å². The van der Waals surface area contributed by atoms with Crippen LogP contribution in [-0.2, 0) is 0 Å². The van der Waals surface area contributed by atoms with Crippen molar-refractivity contribution in [2.75, 3.05) is 7.11 Å². The maximum atomic E-state index is 6.27. The summed E-state index contributed by atoms with van der Waals surface area (Å²) >= 11 is 0. The fourth-order valence-corrected chi connectivity index (χ4v) is 2.91. The molecule has 0 bridgehead atoms. The van der Waals surface area contributed by atoms with Crippen LogP contribution in [0.3, 0.4) is 0 Å². The lowest BCUT2D eigenvalue weighted by molar-refractivity contribution is 0.0338. The summed E-state index contributed by atoms with van der Waals surface area (Å²) in [7, 11) is 1.66. The van der Waals surface area contributed by atoms with E-state index in [1.54, 1.807) is 7.11 Å². The Morgan fingerprint density at radius 3 is 2.83 bits per heavy atom. The molecule has 1 heterocycles. The first kappa shape index (κ1) is 13.2. The number of ether oxygens (including phenoxy) is 2. The van der Waals surface area contributed by atoms with Gasteiger partial charge in [0.1, 0.15) is 17.1 Å². The third-order valence-electron chi connectivity index (χ3n) is 3.47. The predicted octanol–water partition coefficient (Wildman–Crippen LogP) is 3.28. The highest BCUT2D eigenvalue weighted by Gasteiger charge is 2.36. The molecule has 0 aliphatic carbocycles. The molecule has 18 heavy (non-hydrogen) atoms. The topological polar surface area (TPSA) is 44.5 Å². The zero-order valence-electron chi connectivity index (χ0n) is 11.7. The first-order chi connectivity index (χ1) is 8.43. The number of hydrogen-bond acceptors (Lipinski definition) is 3. The van der Waals surface area contributed by atoms with Crippen LogP contribution in [0.2, 0.25) is 0 Å². The Morgan fingerprint density at radius 2 is 2.22 bits per heavy atom. The van der Waals surface area contributed by atoms with Crippen molar-refractivity contribution in [2.24, 2.45) is 11.7 Å². The summed E-state index contributed by atoms with van der Waals surface area (Å²) in [5.74, 6) is 2.28. The molecule has 1 aliphatic rings. The normalized spacial score (nSPS) is 26.7. The standard InChI is InChI=1S/C15H23NO2/c1-10(2)8-15(3)9-13(16)12-6-5-11(17-4)7-14(12)18-15/h5-7,10,13H,8-9,16H2,1-4H3. The molecular formula is C15H23NO2. The van der Waals surface area contributed by atoms with E-state index in [0.717, 1.165) is 29.9 Å². The van der Waals surface area contributed by atoms with Gasteiger partial charge in [-0.1, -0.05) is 19.9 Å². The molecule has 2 atom stereocenters. The quantitative estimate of drug-likeness (QED) is 0.894. The highest BCUT2D eigenvalue weighted by atomic mass is 16.5. The molecule has 3 heteroatoms. The maximum absolute atomic E-state index is 6.27. The third kappa shape index (κ3) is 2.61. The van der Waals surface area contributed by atoms with Crippen molar-refractivity contribution >= 4 is 0 Å². The van der Waals surface area contributed by atoms with E-state index in [4.69, 9.17) is 15.2 Å². The number of rotatable bonds is 3. The van der Waals surface area contributed by atoms with Crippen molar-refractivity contribution in [3.63, 3.8) is 0 Å². The fraction of sp³-hybridized carbons (Fsp3) is 0.600. The molecule has 100 valence electrons. The van der Waals surface area contributed by atoms with Crippen LogP contribution < -0.4 is 15.2 Å². The second-order valence-corrected chi connectivity index (χ2v) is 5.86. The van der Waals surface area contributed by atoms with E-state index < -0.39 is 0 Å². The van der Waals surface area contributed by atoms with Gasteiger partial charge in [0.15, 0.2) is 0 Å². The van der Waals surface area contributed by atoms with Crippen LogP contribution in [0.5, 0.6) is 11.5 Å². The summed E-state index contributed by atoms with van der Waals surface area (Å²) in [4.78, 5) is 0. The molecule has 0 saturated carbocycles. The number of hydrogen-bond donors (Lipinski definition) is 1. The average molecular weight is 249 g/mol. The molecule has 0 amide bonds. The Labute approximate surface area is 109 Å². The summed E-state index contributed by atoms with van der Waals surface area (Å²) in [5, 5.41) is 0. The van der Waals surface area contributed by atoms with Crippen LogP contribution >= 0.6 is 0 Å². The maximum Gasteiger partial charge on any atom is 0.128 e. The summed E-state index contributed by atoms with van der Waals surface area (Å²) < 4.78 is 11.4. The zero-order chi connectivity index (χ0) is 13.3. The Morgan fingerprint density at radius 1 is 1.50 bits per heavy atom. The van der Waals surface area contributed by atoms with Gasteiger partial charge in [0.25, 0.3) is 0 Å². The van der Waals surface area contributed by atoms with Gasteiger partial charge in [-0.3, -0.25) is 0 Å².